The van der Waals surface area contributed by atoms with Gasteiger partial charge in [-0.1, -0.05) is 12.1 Å². The molecule has 0 saturated carbocycles. The van der Waals surface area contributed by atoms with Gasteiger partial charge in [0, 0.05) is 24.7 Å². The molecule has 0 fully saturated rings. The van der Waals surface area contributed by atoms with Crippen molar-refractivity contribution in [2.75, 3.05) is 0 Å². The number of fused-ring (bicyclic) bond motifs is 2. The highest BCUT2D eigenvalue weighted by molar-refractivity contribution is 6.15. The molecular formula is C17H11F2N3O. The number of aromatic amines is 1. The first-order chi connectivity index (χ1) is 11.1. The molecule has 2 aromatic carbocycles. The van der Waals surface area contributed by atoms with Crippen molar-refractivity contribution in [1.29, 1.82) is 0 Å². The van der Waals surface area contributed by atoms with Crippen molar-refractivity contribution in [3.8, 4) is 0 Å². The third kappa shape index (κ3) is 1.95. The minimum absolute atomic E-state index is 0.177. The monoisotopic (exact) mass is 311 g/mol. The molecule has 0 bridgehead atoms. The van der Waals surface area contributed by atoms with Crippen molar-refractivity contribution in [2.45, 2.75) is 0 Å². The molecule has 4 aromatic rings. The van der Waals surface area contributed by atoms with E-state index in [0.717, 1.165) is 0 Å². The maximum atomic E-state index is 13.8. The van der Waals surface area contributed by atoms with Crippen LogP contribution in [0, 0.1) is 11.6 Å². The van der Waals surface area contributed by atoms with Gasteiger partial charge in [-0.05, 0) is 18.2 Å². The van der Waals surface area contributed by atoms with Gasteiger partial charge < -0.3 is 9.55 Å². The molecule has 6 heteroatoms. The summed E-state index contributed by atoms with van der Waals surface area (Å²) in [5, 5.41) is 0.494. The summed E-state index contributed by atoms with van der Waals surface area (Å²) in [5.41, 5.74) is 1.67. The van der Waals surface area contributed by atoms with Crippen molar-refractivity contribution in [1.82, 2.24) is 14.5 Å². The summed E-state index contributed by atoms with van der Waals surface area (Å²) in [6.45, 7) is 0. The highest BCUT2D eigenvalue weighted by Crippen LogP contribution is 2.24. The second-order valence-corrected chi connectivity index (χ2v) is 5.32. The van der Waals surface area contributed by atoms with Crippen molar-refractivity contribution in [3.05, 3.63) is 65.6 Å². The summed E-state index contributed by atoms with van der Waals surface area (Å²) >= 11 is 0. The minimum Gasteiger partial charge on any atom is -0.358 e. The molecule has 0 aliphatic carbocycles. The Morgan fingerprint density at radius 2 is 2.04 bits per heavy atom. The van der Waals surface area contributed by atoms with E-state index < -0.39 is 11.6 Å². The van der Waals surface area contributed by atoms with E-state index in [9.17, 15) is 13.6 Å². The maximum absolute atomic E-state index is 13.8. The number of nitrogens with zero attached hydrogens (tertiary/aromatic N) is 2. The normalized spacial score (nSPS) is 11.4. The third-order valence-electron chi connectivity index (χ3n) is 3.96. The lowest BCUT2D eigenvalue weighted by molar-refractivity contribution is 0.102. The molecule has 2 aromatic heterocycles. The van der Waals surface area contributed by atoms with Crippen molar-refractivity contribution in [3.63, 3.8) is 0 Å². The van der Waals surface area contributed by atoms with Gasteiger partial charge in [-0.15, -0.1) is 0 Å². The number of hydrogen-bond acceptors (Lipinski definition) is 2. The molecular weight excluding hydrogens is 300 g/mol. The van der Waals surface area contributed by atoms with Gasteiger partial charge in [0.15, 0.2) is 5.82 Å². The number of rotatable bonds is 2. The number of para-hydroxylation sites is 1. The Morgan fingerprint density at radius 3 is 2.87 bits per heavy atom. The first kappa shape index (κ1) is 13.6. The predicted molar refractivity (Wildman–Crippen MR) is 82.4 cm³/mol. The zero-order valence-electron chi connectivity index (χ0n) is 12.1. The van der Waals surface area contributed by atoms with Crippen LogP contribution in [0.4, 0.5) is 8.78 Å². The van der Waals surface area contributed by atoms with Crippen LogP contribution in [-0.2, 0) is 7.05 Å². The topological polar surface area (TPSA) is 50.7 Å². The lowest BCUT2D eigenvalue weighted by atomic mass is 10.1. The van der Waals surface area contributed by atoms with Gasteiger partial charge in [-0.2, -0.15) is 0 Å². The molecule has 0 saturated heterocycles. The van der Waals surface area contributed by atoms with Crippen LogP contribution in [0.25, 0.3) is 21.9 Å². The fourth-order valence-corrected chi connectivity index (χ4v) is 2.80. The molecule has 1 N–H and O–H groups in total. The SMILES string of the molecule is Cn1c(C(=O)c2c[nH]c3c(F)cccc23)nc2cc(F)ccc21. The van der Waals surface area contributed by atoms with E-state index in [0.29, 0.717) is 22.0 Å². The molecule has 23 heavy (non-hydrogen) atoms. The smallest absolute Gasteiger partial charge is 0.230 e. The van der Waals surface area contributed by atoms with E-state index in [1.54, 1.807) is 29.8 Å². The summed E-state index contributed by atoms with van der Waals surface area (Å²) in [6.07, 6.45) is 1.47. The fraction of sp³-hybridized carbons (Fsp3) is 0.0588. The van der Waals surface area contributed by atoms with Crippen LogP contribution in [0.1, 0.15) is 16.2 Å². The minimum atomic E-state index is -0.423. The number of aryl methyl sites for hydroxylation is 1. The Kier molecular flexibility index (Phi) is 2.81. The summed E-state index contributed by atoms with van der Waals surface area (Å²) in [7, 11) is 1.69. The molecule has 0 radical (unpaired) electrons. The van der Waals surface area contributed by atoms with Gasteiger partial charge in [0.2, 0.25) is 5.78 Å². The van der Waals surface area contributed by atoms with E-state index in [2.05, 4.69) is 9.97 Å². The molecule has 0 aliphatic rings. The quantitative estimate of drug-likeness (QED) is 0.575. The highest BCUT2D eigenvalue weighted by atomic mass is 19.1. The average molecular weight is 311 g/mol. The standard InChI is InChI=1S/C17H11F2N3O/c1-22-14-6-5-9(18)7-13(14)21-17(22)16(23)11-8-20-15-10(11)3-2-4-12(15)19/h2-8,20H,1H3. The van der Waals surface area contributed by atoms with Crippen molar-refractivity contribution < 1.29 is 13.6 Å². The van der Waals surface area contributed by atoms with E-state index in [4.69, 9.17) is 0 Å². The number of benzene rings is 2. The number of halogens is 2. The number of carbonyl (C=O) groups is 1. The van der Waals surface area contributed by atoms with Crippen LogP contribution in [-0.4, -0.2) is 20.3 Å². The lowest BCUT2D eigenvalue weighted by Gasteiger charge is -2.01. The second-order valence-electron chi connectivity index (χ2n) is 5.32. The van der Waals surface area contributed by atoms with Gasteiger partial charge in [0.1, 0.15) is 11.6 Å². The fourth-order valence-electron chi connectivity index (χ4n) is 2.80. The van der Waals surface area contributed by atoms with Crippen molar-refractivity contribution in [2.24, 2.45) is 7.05 Å². The van der Waals surface area contributed by atoms with Gasteiger partial charge in [-0.3, -0.25) is 4.79 Å². The van der Waals surface area contributed by atoms with Crippen LogP contribution >= 0.6 is 0 Å². The molecule has 0 amide bonds. The van der Waals surface area contributed by atoms with Gasteiger partial charge in [0.25, 0.3) is 0 Å². The second kappa shape index (κ2) is 4.74. The van der Waals surface area contributed by atoms with E-state index in [1.807, 2.05) is 0 Å². The first-order valence-corrected chi connectivity index (χ1v) is 6.98. The zero-order chi connectivity index (χ0) is 16.1. The molecule has 0 atom stereocenters. The summed E-state index contributed by atoms with van der Waals surface area (Å²) in [6, 6.07) is 8.71. The van der Waals surface area contributed by atoms with Crippen LogP contribution in [0.15, 0.2) is 42.6 Å². The molecule has 0 spiro atoms. The highest BCUT2D eigenvalue weighted by Gasteiger charge is 2.21. The van der Waals surface area contributed by atoms with E-state index in [-0.39, 0.29) is 17.1 Å². The van der Waals surface area contributed by atoms with Crippen LogP contribution in [0.3, 0.4) is 0 Å². The Morgan fingerprint density at radius 1 is 1.22 bits per heavy atom. The first-order valence-electron chi connectivity index (χ1n) is 6.98. The van der Waals surface area contributed by atoms with Crippen LogP contribution < -0.4 is 0 Å². The van der Waals surface area contributed by atoms with E-state index >= 15 is 0 Å². The van der Waals surface area contributed by atoms with Gasteiger partial charge >= 0.3 is 0 Å². The molecule has 114 valence electrons. The number of aromatic nitrogens is 3. The van der Waals surface area contributed by atoms with E-state index in [1.165, 1.54) is 24.4 Å². The van der Waals surface area contributed by atoms with Gasteiger partial charge in [-0.25, -0.2) is 13.8 Å². The largest absolute Gasteiger partial charge is 0.358 e. The summed E-state index contributed by atoms with van der Waals surface area (Å²) in [4.78, 5) is 19.8. The number of H-pyrrole nitrogens is 1. The number of hydrogen-bond donors (Lipinski definition) is 1. The maximum Gasteiger partial charge on any atom is 0.230 e. The molecule has 4 nitrogen and oxygen atoms in total. The summed E-state index contributed by atoms with van der Waals surface area (Å²) < 4.78 is 28.7. The molecule has 2 heterocycles. The third-order valence-corrected chi connectivity index (χ3v) is 3.96. The number of imidazole rings is 1. The molecule has 0 unspecified atom stereocenters. The molecule has 4 rings (SSSR count). The molecule has 0 aliphatic heterocycles. The Labute approximate surface area is 129 Å². The van der Waals surface area contributed by atoms with Crippen LogP contribution in [0.2, 0.25) is 0 Å². The lowest BCUT2D eigenvalue weighted by Crippen LogP contribution is -2.08. The van der Waals surface area contributed by atoms with Crippen LogP contribution in [0.5, 0.6) is 0 Å². The predicted octanol–water partition coefficient (Wildman–Crippen LogP) is 3.56. The number of ketones is 1. The Balaban J connectivity index is 1.91. The zero-order valence-corrected chi connectivity index (χ0v) is 12.1. The number of nitrogens with one attached hydrogen (secondary N) is 1. The van der Waals surface area contributed by atoms with Gasteiger partial charge in [0.05, 0.1) is 22.1 Å². The average Bonchev–Trinajstić information content (AvgIpc) is 3.09. The summed E-state index contributed by atoms with van der Waals surface area (Å²) in [5.74, 6) is -1.01. The number of carbonyl (C=O) groups excluding carboxylic acids is 1. The van der Waals surface area contributed by atoms with Crippen molar-refractivity contribution >= 4 is 27.7 Å². The Bertz CT molecular complexity index is 1080. The Hall–Kier alpha value is -3.02.